The molecule has 1 saturated carbocycles. The number of fused-ring (bicyclic) bond motifs is 3. The Bertz CT molecular complexity index is 1070. The highest BCUT2D eigenvalue weighted by molar-refractivity contribution is 5.87. The van der Waals surface area contributed by atoms with Crippen LogP contribution in [0.1, 0.15) is 64.0 Å². The fourth-order valence-electron chi connectivity index (χ4n) is 6.06. The van der Waals surface area contributed by atoms with Gasteiger partial charge in [-0.1, -0.05) is 48.5 Å². The van der Waals surface area contributed by atoms with Crippen LogP contribution in [0.15, 0.2) is 48.5 Å². The van der Waals surface area contributed by atoms with Gasteiger partial charge in [0, 0.05) is 18.4 Å². The van der Waals surface area contributed by atoms with Crippen molar-refractivity contribution in [2.24, 2.45) is 0 Å². The molecule has 1 unspecified atom stereocenters. The molecule has 0 aromatic heterocycles. The maximum absolute atomic E-state index is 13.6. The molecule has 0 radical (unpaired) electrons. The number of nitrogens with zero attached hydrogens (tertiary/aromatic N) is 1. The zero-order valence-corrected chi connectivity index (χ0v) is 19.6. The second kappa shape index (κ2) is 7.32. The molecular weight excluding hydrogens is 418 g/mol. The van der Waals surface area contributed by atoms with E-state index in [0.29, 0.717) is 0 Å². The van der Waals surface area contributed by atoms with E-state index in [4.69, 9.17) is 9.47 Å². The Balaban J connectivity index is 1.45. The molecule has 1 saturated heterocycles. The Morgan fingerprint density at radius 3 is 2.00 bits per heavy atom. The summed E-state index contributed by atoms with van der Waals surface area (Å²) in [7, 11) is 0. The van der Waals surface area contributed by atoms with Crippen LogP contribution < -0.4 is 0 Å². The summed E-state index contributed by atoms with van der Waals surface area (Å²) in [4.78, 5) is 27.8. The Hall–Kier alpha value is -2.86. The van der Waals surface area contributed by atoms with E-state index in [1.165, 1.54) is 4.90 Å². The van der Waals surface area contributed by atoms with E-state index in [9.17, 15) is 14.7 Å². The van der Waals surface area contributed by atoms with E-state index in [1.807, 2.05) is 38.1 Å². The molecule has 3 aliphatic rings. The van der Waals surface area contributed by atoms with Crippen molar-refractivity contribution < 1.29 is 24.2 Å². The van der Waals surface area contributed by atoms with Gasteiger partial charge >= 0.3 is 12.1 Å². The van der Waals surface area contributed by atoms with Gasteiger partial charge in [0.1, 0.15) is 6.61 Å². The quantitative estimate of drug-likeness (QED) is 0.679. The third kappa shape index (κ3) is 3.34. The molecule has 1 amide bonds. The highest BCUT2D eigenvalue weighted by Gasteiger charge is 2.68. The van der Waals surface area contributed by atoms with Gasteiger partial charge in [0.25, 0.3) is 0 Å². The number of carboxylic acids is 1. The minimum Gasteiger partial charge on any atom is -0.479 e. The summed E-state index contributed by atoms with van der Waals surface area (Å²) in [6.45, 7) is 7.45. The van der Waals surface area contributed by atoms with Crippen LogP contribution in [-0.2, 0) is 14.3 Å². The first-order chi connectivity index (χ1) is 15.6. The summed E-state index contributed by atoms with van der Waals surface area (Å²) in [6.07, 6.45) is 1.19. The van der Waals surface area contributed by atoms with Gasteiger partial charge in [-0.2, -0.15) is 0 Å². The second-order valence-electron chi connectivity index (χ2n) is 10.6. The Kier molecular flexibility index (Phi) is 4.87. The van der Waals surface area contributed by atoms with Crippen molar-refractivity contribution in [1.82, 2.24) is 4.90 Å². The van der Waals surface area contributed by atoms with Crippen LogP contribution in [0.5, 0.6) is 0 Å². The van der Waals surface area contributed by atoms with E-state index in [2.05, 4.69) is 24.3 Å². The Labute approximate surface area is 194 Å². The minimum atomic E-state index is -1.49. The molecule has 1 aliphatic heterocycles. The van der Waals surface area contributed by atoms with Gasteiger partial charge in [-0.3, -0.25) is 4.90 Å². The number of carboxylic acid groups (broad SMARTS) is 1. The lowest BCUT2D eigenvalue weighted by molar-refractivity contribution is -0.164. The summed E-state index contributed by atoms with van der Waals surface area (Å²) in [5.74, 6) is -1.12. The molecule has 2 aromatic carbocycles. The van der Waals surface area contributed by atoms with Crippen molar-refractivity contribution in [1.29, 1.82) is 0 Å². The largest absolute Gasteiger partial charge is 0.479 e. The summed E-state index contributed by atoms with van der Waals surface area (Å²) >= 11 is 0. The van der Waals surface area contributed by atoms with Gasteiger partial charge in [-0.25, -0.2) is 9.59 Å². The van der Waals surface area contributed by atoms with Crippen molar-refractivity contribution in [3.63, 3.8) is 0 Å². The molecule has 2 aromatic rings. The van der Waals surface area contributed by atoms with Crippen molar-refractivity contribution >= 4 is 12.1 Å². The molecule has 2 fully saturated rings. The maximum Gasteiger partial charge on any atom is 0.411 e. The maximum atomic E-state index is 13.6. The van der Waals surface area contributed by atoms with Crippen molar-refractivity contribution in [3.05, 3.63) is 59.7 Å². The van der Waals surface area contributed by atoms with Crippen LogP contribution in [0.2, 0.25) is 0 Å². The molecule has 6 nitrogen and oxygen atoms in total. The fourth-order valence-corrected chi connectivity index (χ4v) is 6.06. The van der Waals surface area contributed by atoms with Gasteiger partial charge in [0.05, 0.1) is 11.2 Å². The summed E-state index contributed by atoms with van der Waals surface area (Å²) < 4.78 is 12.1. The average Bonchev–Trinajstić information content (AvgIpc) is 3.48. The van der Waals surface area contributed by atoms with Crippen LogP contribution in [0.4, 0.5) is 4.79 Å². The standard InChI is InChI=1S/C27H31NO5/c1-25(2)16-27(23(29)30,26(3,4)33-25)28(17-13-14-17)24(31)32-15-22-20-11-7-5-9-18(20)19-10-6-8-12-21(19)22/h5-12,17,22H,13-16H2,1-4H3,(H,29,30). The van der Waals surface area contributed by atoms with E-state index in [1.54, 1.807) is 13.8 Å². The minimum absolute atomic E-state index is 0.0764. The first-order valence-electron chi connectivity index (χ1n) is 11.7. The van der Waals surface area contributed by atoms with Crippen LogP contribution in [-0.4, -0.2) is 51.5 Å². The zero-order chi connectivity index (χ0) is 23.6. The summed E-state index contributed by atoms with van der Waals surface area (Å²) in [5, 5.41) is 10.4. The zero-order valence-electron chi connectivity index (χ0n) is 19.6. The number of amides is 1. The molecule has 1 N–H and O–H groups in total. The molecule has 5 rings (SSSR count). The number of carbonyl (C=O) groups is 2. The predicted octanol–water partition coefficient (Wildman–Crippen LogP) is 5.20. The van der Waals surface area contributed by atoms with Crippen molar-refractivity contribution in [3.8, 4) is 11.1 Å². The second-order valence-corrected chi connectivity index (χ2v) is 10.6. The normalized spacial score (nSPS) is 24.7. The molecule has 2 aliphatic carbocycles. The van der Waals surface area contributed by atoms with E-state index >= 15 is 0 Å². The molecule has 0 bridgehead atoms. The summed E-state index contributed by atoms with van der Waals surface area (Å²) in [6, 6.07) is 16.2. The van der Waals surface area contributed by atoms with Crippen LogP contribution in [0.25, 0.3) is 11.1 Å². The van der Waals surface area contributed by atoms with Gasteiger partial charge < -0.3 is 14.6 Å². The smallest absolute Gasteiger partial charge is 0.411 e. The van der Waals surface area contributed by atoms with Crippen molar-refractivity contribution in [2.45, 2.75) is 75.7 Å². The van der Waals surface area contributed by atoms with Gasteiger partial charge in [0.2, 0.25) is 0 Å². The van der Waals surface area contributed by atoms with Gasteiger partial charge in [-0.05, 0) is 62.8 Å². The number of ether oxygens (including phenoxy) is 2. The Morgan fingerprint density at radius 1 is 1.00 bits per heavy atom. The van der Waals surface area contributed by atoms with Gasteiger partial charge in [0.15, 0.2) is 5.54 Å². The molecule has 1 heterocycles. The van der Waals surface area contributed by atoms with E-state index in [0.717, 1.165) is 35.1 Å². The van der Waals surface area contributed by atoms with E-state index < -0.39 is 28.8 Å². The van der Waals surface area contributed by atoms with Crippen molar-refractivity contribution in [2.75, 3.05) is 6.61 Å². The van der Waals surface area contributed by atoms with Crippen LogP contribution in [0, 0.1) is 0 Å². The molecular formula is C27H31NO5. The Morgan fingerprint density at radius 2 is 1.55 bits per heavy atom. The topological polar surface area (TPSA) is 76.1 Å². The summed E-state index contributed by atoms with van der Waals surface area (Å²) in [5.41, 5.74) is 1.35. The highest BCUT2D eigenvalue weighted by Crippen LogP contribution is 2.52. The lowest BCUT2D eigenvalue weighted by Gasteiger charge is -2.44. The fraction of sp³-hybridized carbons (Fsp3) is 0.481. The van der Waals surface area contributed by atoms with Crippen LogP contribution in [0.3, 0.4) is 0 Å². The number of benzene rings is 2. The predicted molar refractivity (Wildman–Crippen MR) is 124 cm³/mol. The van der Waals surface area contributed by atoms with E-state index in [-0.39, 0.29) is 25.0 Å². The first kappa shape index (κ1) is 22.0. The van der Waals surface area contributed by atoms with Crippen LogP contribution >= 0.6 is 0 Å². The lowest BCUT2D eigenvalue weighted by Crippen LogP contribution is -2.66. The molecule has 0 spiro atoms. The first-order valence-corrected chi connectivity index (χ1v) is 11.7. The number of rotatable bonds is 5. The highest BCUT2D eigenvalue weighted by atomic mass is 16.6. The lowest BCUT2D eigenvalue weighted by atomic mass is 9.77. The number of aliphatic carboxylic acids is 1. The number of carbonyl (C=O) groups excluding carboxylic acids is 1. The third-order valence-corrected chi connectivity index (χ3v) is 7.42. The number of hydrogen-bond acceptors (Lipinski definition) is 4. The molecule has 174 valence electrons. The number of hydrogen-bond donors (Lipinski definition) is 1. The third-order valence-electron chi connectivity index (χ3n) is 7.42. The molecule has 1 atom stereocenters. The SMILES string of the molecule is CC1(C)CC(C(=O)O)(N(C(=O)OCC2c3ccccc3-c3ccccc32)C2CC2)C(C)(C)O1. The monoisotopic (exact) mass is 449 g/mol. The average molecular weight is 450 g/mol. The molecule has 6 heteroatoms. The van der Waals surface area contributed by atoms with Gasteiger partial charge in [-0.15, -0.1) is 0 Å². The molecule has 33 heavy (non-hydrogen) atoms.